The van der Waals surface area contributed by atoms with Gasteiger partial charge in [-0.1, -0.05) is 0 Å². The van der Waals surface area contributed by atoms with Crippen LogP contribution in [-0.4, -0.2) is 29.1 Å². The molecular formula is C9H14O4. The van der Waals surface area contributed by atoms with Gasteiger partial charge in [-0.2, -0.15) is 0 Å². The molecule has 4 heteroatoms. The Balaban J connectivity index is 2.18. The molecule has 2 aliphatic heterocycles. The van der Waals surface area contributed by atoms with Crippen LogP contribution in [0.2, 0.25) is 0 Å². The molecule has 2 saturated heterocycles. The summed E-state index contributed by atoms with van der Waals surface area (Å²) in [6.45, 7) is 3.56. The summed E-state index contributed by atoms with van der Waals surface area (Å²) >= 11 is 0. The van der Waals surface area contributed by atoms with Crippen molar-refractivity contribution < 1.29 is 19.4 Å². The summed E-state index contributed by atoms with van der Waals surface area (Å²) in [5.74, 6) is -1.02. The van der Waals surface area contributed by atoms with Gasteiger partial charge in [0.1, 0.15) is 0 Å². The fraction of sp³-hybridized carbons (Fsp3) is 0.889. The first kappa shape index (κ1) is 8.97. The molecule has 2 aliphatic rings. The Kier molecular flexibility index (Phi) is 1.85. The van der Waals surface area contributed by atoms with Gasteiger partial charge in [0.15, 0.2) is 0 Å². The predicted octanol–water partition coefficient (Wildman–Crippen LogP) is 0.435. The number of fused-ring (bicyclic) bond motifs is 1. The van der Waals surface area contributed by atoms with Crippen LogP contribution >= 0.6 is 0 Å². The van der Waals surface area contributed by atoms with E-state index >= 15 is 0 Å². The molecule has 13 heavy (non-hydrogen) atoms. The molecule has 0 aromatic carbocycles. The van der Waals surface area contributed by atoms with E-state index in [1.165, 1.54) is 0 Å². The Labute approximate surface area is 76.8 Å². The van der Waals surface area contributed by atoms with Gasteiger partial charge in [-0.25, -0.2) is 0 Å². The van der Waals surface area contributed by atoms with Crippen LogP contribution in [0.15, 0.2) is 0 Å². The first-order valence-electron chi connectivity index (χ1n) is 4.59. The highest BCUT2D eigenvalue weighted by molar-refractivity contribution is 5.72. The van der Waals surface area contributed by atoms with Gasteiger partial charge < -0.3 is 14.6 Å². The second kappa shape index (κ2) is 2.69. The average molecular weight is 186 g/mol. The molecule has 0 aliphatic carbocycles. The van der Waals surface area contributed by atoms with E-state index in [-0.39, 0.29) is 18.0 Å². The quantitative estimate of drug-likeness (QED) is 0.557. The van der Waals surface area contributed by atoms with Crippen molar-refractivity contribution in [1.29, 1.82) is 0 Å². The molecule has 0 amide bonds. The van der Waals surface area contributed by atoms with Crippen molar-refractivity contribution in [2.24, 2.45) is 5.92 Å². The third-order valence-electron chi connectivity index (χ3n) is 2.96. The minimum atomic E-state index is -0.796. The van der Waals surface area contributed by atoms with Crippen molar-refractivity contribution in [3.8, 4) is 0 Å². The Bertz CT molecular complexity index is 240. The van der Waals surface area contributed by atoms with Crippen molar-refractivity contribution in [2.75, 3.05) is 0 Å². The zero-order chi connectivity index (χ0) is 9.64. The molecule has 0 unspecified atom stereocenters. The van der Waals surface area contributed by atoms with Gasteiger partial charge in [0.2, 0.25) is 5.79 Å². The SMILES string of the molecule is C[C@@H]1O[C@]2(C)OC(=O)C[C@@H]2C[C@@H]1O. The predicted molar refractivity (Wildman–Crippen MR) is 43.8 cm³/mol. The summed E-state index contributed by atoms with van der Waals surface area (Å²) in [5.41, 5.74) is 0. The molecule has 0 radical (unpaired) electrons. The summed E-state index contributed by atoms with van der Waals surface area (Å²) in [4.78, 5) is 11.0. The smallest absolute Gasteiger partial charge is 0.308 e. The first-order valence-corrected chi connectivity index (χ1v) is 4.59. The molecule has 0 aromatic heterocycles. The summed E-state index contributed by atoms with van der Waals surface area (Å²) in [6.07, 6.45) is 0.212. The van der Waals surface area contributed by atoms with Crippen LogP contribution in [0.3, 0.4) is 0 Å². The fourth-order valence-corrected chi connectivity index (χ4v) is 2.09. The third kappa shape index (κ3) is 1.34. The summed E-state index contributed by atoms with van der Waals surface area (Å²) in [5, 5.41) is 9.53. The van der Waals surface area contributed by atoms with E-state index in [1.54, 1.807) is 13.8 Å². The lowest BCUT2D eigenvalue weighted by atomic mass is 9.88. The molecule has 2 rings (SSSR count). The maximum Gasteiger partial charge on any atom is 0.308 e. The van der Waals surface area contributed by atoms with Crippen molar-refractivity contribution in [3.05, 3.63) is 0 Å². The van der Waals surface area contributed by atoms with Gasteiger partial charge in [0, 0.05) is 12.8 Å². The molecule has 0 spiro atoms. The van der Waals surface area contributed by atoms with Gasteiger partial charge >= 0.3 is 5.97 Å². The number of rotatable bonds is 0. The van der Waals surface area contributed by atoms with Crippen LogP contribution in [-0.2, 0) is 14.3 Å². The monoisotopic (exact) mass is 186 g/mol. The van der Waals surface area contributed by atoms with Crippen LogP contribution in [0, 0.1) is 5.92 Å². The number of esters is 1. The Morgan fingerprint density at radius 2 is 2.31 bits per heavy atom. The number of hydrogen-bond acceptors (Lipinski definition) is 4. The maximum absolute atomic E-state index is 11.0. The molecule has 2 fully saturated rings. The minimum absolute atomic E-state index is 0.00574. The van der Waals surface area contributed by atoms with Crippen LogP contribution in [0.1, 0.15) is 26.7 Å². The molecule has 2 heterocycles. The first-order chi connectivity index (χ1) is 6.01. The number of carbonyl (C=O) groups excluding carboxylic acids is 1. The maximum atomic E-state index is 11.0. The molecule has 0 saturated carbocycles. The zero-order valence-electron chi connectivity index (χ0n) is 7.82. The van der Waals surface area contributed by atoms with Gasteiger partial charge in [-0.05, 0) is 13.3 Å². The van der Waals surface area contributed by atoms with Crippen LogP contribution in [0.4, 0.5) is 0 Å². The highest BCUT2D eigenvalue weighted by Crippen LogP contribution is 2.42. The van der Waals surface area contributed by atoms with Crippen LogP contribution < -0.4 is 0 Å². The lowest BCUT2D eigenvalue weighted by Crippen LogP contribution is -2.48. The molecule has 4 atom stereocenters. The van der Waals surface area contributed by atoms with E-state index < -0.39 is 11.9 Å². The van der Waals surface area contributed by atoms with Crippen molar-refractivity contribution >= 4 is 5.97 Å². The zero-order valence-corrected chi connectivity index (χ0v) is 7.82. The largest absolute Gasteiger partial charge is 0.433 e. The molecule has 74 valence electrons. The highest BCUT2D eigenvalue weighted by atomic mass is 16.7. The van der Waals surface area contributed by atoms with E-state index in [1.807, 2.05) is 0 Å². The van der Waals surface area contributed by atoms with E-state index in [2.05, 4.69) is 0 Å². The van der Waals surface area contributed by atoms with Crippen LogP contribution in [0.5, 0.6) is 0 Å². The fourth-order valence-electron chi connectivity index (χ4n) is 2.09. The average Bonchev–Trinajstić information content (AvgIpc) is 2.25. The number of ether oxygens (including phenoxy) is 2. The highest BCUT2D eigenvalue weighted by Gasteiger charge is 2.52. The summed E-state index contributed by atoms with van der Waals surface area (Å²) in [7, 11) is 0. The lowest BCUT2D eigenvalue weighted by Gasteiger charge is -2.39. The van der Waals surface area contributed by atoms with Gasteiger partial charge in [-0.15, -0.1) is 0 Å². The van der Waals surface area contributed by atoms with E-state index in [0.29, 0.717) is 12.8 Å². The van der Waals surface area contributed by atoms with E-state index in [4.69, 9.17) is 9.47 Å². The number of hydrogen-bond donors (Lipinski definition) is 1. The molecular weight excluding hydrogens is 172 g/mol. The van der Waals surface area contributed by atoms with Gasteiger partial charge in [0.05, 0.1) is 18.6 Å². The topological polar surface area (TPSA) is 55.8 Å². The summed E-state index contributed by atoms with van der Waals surface area (Å²) < 4.78 is 10.6. The second-order valence-corrected chi connectivity index (χ2v) is 4.02. The Morgan fingerprint density at radius 3 is 3.00 bits per heavy atom. The van der Waals surface area contributed by atoms with E-state index in [9.17, 15) is 9.90 Å². The molecule has 0 bridgehead atoms. The van der Waals surface area contributed by atoms with Crippen molar-refractivity contribution in [1.82, 2.24) is 0 Å². The minimum Gasteiger partial charge on any atom is -0.433 e. The van der Waals surface area contributed by atoms with Gasteiger partial charge in [0.25, 0.3) is 0 Å². The number of aliphatic hydroxyl groups is 1. The Morgan fingerprint density at radius 1 is 1.62 bits per heavy atom. The summed E-state index contributed by atoms with van der Waals surface area (Å²) in [6, 6.07) is 0. The number of carbonyl (C=O) groups is 1. The normalized spacial score (nSPS) is 50.1. The standard InChI is InChI=1S/C9H14O4/c1-5-7(10)3-6-4-8(11)13-9(6,2)12-5/h5-7,10H,3-4H2,1-2H3/t5-,6-,7-,9+/m0/s1. The molecule has 1 N–H and O–H groups in total. The van der Waals surface area contributed by atoms with Crippen LogP contribution in [0.25, 0.3) is 0 Å². The molecule has 4 nitrogen and oxygen atoms in total. The van der Waals surface area contributed by atoms with Crippen molar-refractivity contribution in [3.63, 3.8) is 0 Å². The van der Waals surface area contributed by atoms with Crippen molar-refractivity contribution in [2.45, 2.75) is 44.7 Å². The lowest BCUT2D eigenvalue weighted by molar-refractivity contribution is -0.275. The number of aliphatic hydroxyl groups excluding tert-OH is 1. The third-order valence-corrected chi connectivity index (χ3v) is 2.96. The Hall–Kier alpha value is -0.610. The second-order valence-electron chi connectivity index (χ2n) is 4.02. The van der Waals surface area contributed by atoms with E-state index in [0.717, 1.165) is 0 Å². The van der Waals surface area contributed by atoms with Gasteiger partial charge in [-0.3, -0.25) is 4.79 Å². The molecule has 0 aromatic rings.